The molecule has 1 unspecified atom stereocenters. The van der Waals surface area contributed by atoms with Crippen molar-refractivity contribution >= 4 is 17.4 Å². The molecule has 1 aliphatic rings. The van der Waals surface area contributed by atoms with E-state index in [-0.39, 0.29) is 6.10 Å². The van der Waals surface area contributed by atoms with Gasteiger partial charge in [-0.3, -0.25) is 0 Å². The molecule has 1 saturated heterocycles. The highest BCUT2D eigenvalue weighted by Gasteiger charge is 2.22. The zero-order valence-corrected chi connectivity index (χ0v) is 11.2. The van der Waals surface area contributed by atoms with Gasteiger partial charge in [0.15, 0.2) is 0 Å². The van der Waals surface area contributed by atoms with Gasteiger partial charge in [0, 0.05) is 24.5 Å². The fraction of sp³-hybridized carbons (Fsp3) is 0.462. The first-order valence-electron chi connectivity index (χ1n) is 5.94. The standard InChI is InChI=1S/C13H17N3OS/c1-18-13-4-2-3-12(11(13)8-15)16-5-6-17-10(7-14)9-16/h2-4,10H,5-7,9,14H2,1H3. The fourth-order valence-electron chi connectivity index (χ4n) is 2.15. The monoisotopic (exact) mass is 263 g/mol. The third kappa shape index (κ3) is 2.61. The first-order valence-corrected chi connectivity index (χ1v) is 7.16. The number of ether oxygens (including phenoxy) is 1. The van der Waals surface area contributed by atoms with Crippen LogP contribution in [0.25, 0.3) is 0 Å². The van der Waals surface area contributed by atoms with Crippen LogP contribution in [0.5, 0.6) is 0 Å². The number of benzene rings is 1. The molecule has 0 spiro atoms. The quantitative estimate of drug-likeness (QED) is 0.836. The lowest BCUT2D eigenvalue weighted by molar-refractivity contribution is 0.0465. The van der Waals surface area contributed by atoms with Gasteiger partial charge in [0.25, 0.3) is 0 Å². The summed E-state index contributed by atoms with van der Waals surface area (Å²) in [5.74, 6) is 0. The van der Waals surface area contributed by atoms with Crippen molar-refractivity contribution < 1.29 is 4.74 Å². The number of nitrogens with zero attached hydrogens (tertiary/aromatic N) is 2. The summed E-state index contributed by atoms with van der Waals surface area (Å²) >= 11 is 1.60. The minimum Gasteiger partial charge on any atom is -0.373 e. The number of anilines is 1. The maximum Gasteiger partial charge on any atom is 0.103 e. The smallest absolute Gasteiger partial charge is 0.103 e. The molecule has 96 valence electrons. The summed E-state index contributed by atoms with van der Waals surface area (Å²) in [4.78, 5) is 3.21. The molecule has 0 aliphatic carbocycles. The summed E-state index contributed by atoms with van der Waals surface area (Å²) in [7, 11) is 0. The van der Waals surface area contributed by atoms with E-state index in [0.29, 0.717) is 13.2 Å². The molecule has 1 aromatic rings. The van der Waals surface area contributed by atoms with Crippen LogP contribution in [0, 0.1) is 11.3 Å². The van der Waals surface area contributed by atoms with Crippen LogP contribution in [0.15, 0.2) is 23.1 Å². The van der Waals surface area contributed by atoms with Crippen LogP contribution >= 0.6 is 11.8 Å². The molecular formula is C13H17N3OS. The Morgan fingerprint density at radius 2 is 2.44 bits per heavy atom. The molecule has 0 saturated carbocycles. The van der Waals surface area contributed by atoms with Gasteiger partial charge in [0.1, 0.15) is 6.07 Å². The van der Waals surface area contributed by atoms with E-state index in [4.69, 9.17) is 10.5 Å². The molecule has 2 rings (SSSR count). The maximum atomic E-state index is 9.34. The van der Waals surface area contributed by atoms with Gasteiger partial charge in [-0.15, -0.1) is 11.8 Å². The topological polar surface area (TPSA) is 62.3 Å². The SMILES string of the molecule is CSc1cccc(N2CCOC(CN)C2)c1C#N. The van der Waals surface area contributed by atoms with Crippen LogP contribution in [0.1, 0.15) is 5.56 Å². The second-order valence-electron chi connectivity index (χ2n) is 4.14. The Morgan fingerprint density at radius 1 is 1.61 bits per heavy atom. The summed E-state index contributed by atoms with van der Waals surface area (Å²) in [5.41, 5.74) is 7.39. The molecule has 18 heavy (non-hydrogen) atoms. The second kappa shape index (κ2) is 6.10. The summed E-state index contributed by atoms with van der Waals surface area (Å²) in [6.07, 6.45) is 2.05. The Bertz CT molecular complexity index is 458. The van der Waals surface area contributed by atoms with Crippen LogP contribution in [0.3, 0.4) is 0 Å². The van der Waals surface area contributed by atoms with Gasteiger partial charge in [0.2, 0.25) is 0 Å². The normalized spacial score (nSPS) is 19.6. The van der Waals surface area contributed by atoms with Gasteiger partial charge in [0.05, 0.1) is 24.0 Å². The van der Waals surface area contributed by atoms with E-state index in [9.17, 15) is 5.26 Å². The summed E-state index contributed by atoms with van der Waals surface area (Å²) in [6.45, 7) is 2.74. The van der Waals surface area contributed by atoms with Crippen LogP contribution in [0.4, 0.5) is 5.69 Å². The number of nitriles is 1. The first-order chi connectivity index (χ1) is 8.80. The van der Waals surface area contributed by atoms with E-state index in [1.807, 2.05) is 24.5 Å². The van der Waals surface area contributed by atoms with Gasteiger partial charge in [-0.25, -0.2) is 0 Å². The molecule has 1 heterocycles. The minimum atomic E-state index is 0.0585. The minimum absolute atomic E-state index is 0.0585. The molecule has 2 N–H and O–H groups in total. The molecule has 0 amide bonds. The first kappa shape index (κ1) is 13.2. The average molecular weight is 263 g/mol. The van der Waals surface area contributed by atoms with E-state index < -0.39 is 0 Å². The number of hydrogen-bond acceptors (Lipinski definition) is 5. The zero-order valence-electron chi connectivity index (χ0n) is 10.4. The predicted molar refractivity (Wildman–Crippen MR) is 73.9 cm³/mol. The van der Waals surface area contributed by atoms with Crippen LogP contribution in [0.2, 0.25) is 0 Å². The third-order valence-electron chi connectivity index (χ3n) is 3.08. The van der Waals surface area contributed by atoms with Crippen molar-refractivity contribution in [1.29, 1.82) is 5.26 Å². The summed E-state index contributed by atoms with van der Waals surface area (Å²) in [5, 5.41) is 9.34. The van der Waals surface area contributed by atoms with Crippen LogP contribution in [-0.2, 0) is 4.74 Å². The lowest BCUT2D eigenvalue weighted by atomic mass is 10.1. The lowest BCUT2D eigenvalue weighted by Gasteiger charge is -2.34. The second-order valence-corrected chi connectivity index (χ2v) is 4.99. The van der Waals surface area contributed by atoms with E-state index in [1.54, 1.807) is 11.8 Å². The molecule has 0 bridgehead atoms. The number of nitrogens with two attached hydrogens (primary N) is 1. The Labute approximate surface area is 112 Å². The van der Waals surface area contributed by atoms with E-state index in [1.165, 1.54) is 0 Å². The van der Waals surface area contributed by atoms with Gasteiger partial charge in [-0.1, -0.05) is 6.07 Å². The summed E-state index contributed by atoms with van der Waals surface area (Å²) in [6, 6.07) is 8.28. The highest BCUT2D eigenvalue weighted by molar-refractivity contribution is 7.98. The molecule has 0 aromatic heterocycles. The van der Waals surface area contributed by atoms with E-state index >= 15 is 0 Å². The third-order valence-corrected chi connectivity index (χ3v) is 3.86. The van der Waals surface area contributed by atoms with Gasteiger partial charge >= 0.3 is 0 Å². The van der Waals surface area contributed by atoms with E-state index in [2.05, 4.69) is 11.0 Å². The van der Waals surface area contributed by atoms with Crippen molar-refractivity contribution in [3.63, 3.8) is 0 Å². The van der Waals surface area contributed by atoms with Crippen molar-refractivity contribution in [2.45, 2.75) is 11.0 Å². The van der Waals surface area contributed by atoms with Gasteiger partial charge in [-0.2, -0.15) is 5.26 Å². The maximum absolute atomic E-state index is 9.34. The highest BCUT2D eigenvalue weighted by Crippen LogP contribution is 2.29. The van der Waals surface area contributed by atoms with Gasteiger partial charge in [-0.05, 0) is 18.4 Å². The van der Waals surface area contributed by atoms with Crippen LogP contribution < -0.4 is 10.6 Å². The Kier molecular flexibility index (Phi) is 4.48. The molecule has 1 fully saturated rings. The Balaban J connectivity index is 2.30. The molecule has 4 nitrogen and oxygen atoms in total. The summed E-state index contributed by atoms with van der Waals surface area (Å²) < 4.78 is 5.55. The zero-order chi connectivity index (χ0) is 13.0. The van der Waals surface area contributed by atoms with E-state index in [0.717, 1.165) is 29.2 Å². The van der Waals surface area contributed by atoms with Crippen molar-refractivity contribution in [3.8, 4) is 6.07 Å². The van der Waals surface area contributed by atoms with Gasteiger partial charge < -0.3 is 15.4 Å². The van der Waals surface area contributed by atoms with Crippen LogP contribution in [-0.4, -0.2) is 38.6 Å². The molecule has 1 atom stereocenters. The Hall–Kier alpha value is -1.22. The predicted octanol–water partition coefficient (Wildman–Crippen LogP) is 1.44. The largest absolute Gasteiger partial charge is 0.373 e. The lowest BCUT2D eigenvalue weighted by Crippen LogP contribution is -2.46. The molecular weight excluding hydrogens is 246 g/mol. The number of morpholine rings is 1. The van der Waals surface area contributed by atoms with Crippen molar-refractivity contribution in [2.24, 2.45) is 5.73 Å². The van der Waals surface area contributed by atoms with Crippen molar-refractivity contribution in [3.05, 3.63) is 23.8 Å². The van der Waals surface area contributed by atoms with Crippen molar-refractivity contribution in [2.75, 3.05) is 37.4 Å². The molecule has 1 aromatic carbocycles. The Morgan fingerprint density at radius 3 is 3.11 bits per heavy atom. The number of rotatable bonds is 3. The molecule has 1 aliphatic heterocycles. The highest BCUT2D eigenvalue weighted by atomic mass is 32.2. The molecule has 0 radical (unpaired) electrons. The fourth-order valence-corrected chi connectivity index (χ4v) is 2.72. The number of thioether (sulfide) groups is 1. The number of hydrogen-bond donors (Lipinski definition) is 1. The van der Waals surface area contributed by atoms with Crippen molar-refractivity contribution in [1.82, 2.24) is 0 Å². The average Bonchev–Trinajstić information content (AvgIpc) is 2.46. The molecule has 5 heteroatoms.